The average Bonchev–Trinajstić information content (AvgIpc) is 2.43. The van der Waals surface area contributed by atoms with Gasteiger partial charge in [0.25, 0.3) is 0 Å². The van der Waals surface area contributed by atoms with Gasteiger partial charge in [-0.3, -0.25) is 0 Å². The fourth-order valence-electron chi connectivity index (χ4n) is 1.57. The molecule has 1 aromatic carbocycles. The molecule has 0 aromatic heterocycles. The second-order valence-corrected chi connectivity index (χ2v) is 5.73. The van der Waals surface area contributed by atoms with E-state index in [0.717, 1.165) is 12.1 Å². The van der Waals surface area contributed by atoms with E-state index < -0.39 is 26.8 Å². The highest BCUT2D eigenvalue weighted by Crippen LogP contribution is 2.31. The molecule has 8 heteroatoms. The molecule has 1 aromatic rings. The maximum Gasteiger partial charge on any atom is 0.243 e. The summed E-state index contributed by atoms with van der Waals surface area (Å²) in [6, 6.07) is 1.31. The van der Waals surface area contributed by atoms with E-state index in [0.29, 0.717) is 6.42 Å². The smallest absolute Gasteiger partial charge is 0.243 e. The van der Waals surface area contributed by atoms with Crippen LogP contribution in [0, 0.1) is 5.82 Å². The van der Waals surface area contributed by atoms with Crippen molar-refractivity contribution in [3.8, 4) is 11.5 Å². The van der Waals surface area contributed by atoms with Crippen LogP contribution in [-0.4, -0.2) is 40.4 Å². The minimum atomic E-state index is -4.09. The normalized spacial score (nSPS) is 13.1. The quantitative estimate of drug-likeness (QED) is 0.781. The van der Waals surface area contributed by atoms with E-state index >= 15 is 0 Å². The number of rotatable bonds is 7. The van der Waals surface area contributed by atoms with Crippen molar-refractivity contribution in [1.82, 2.24) is 4.72 Å². The number of nitrogens with one attached hydrogen (secondary N) is 1. The fraction of sp³-hybridized carbons (Fsp3) is 0.500. The Morgan fingerprint density at radius 2 is 1.85 bits per heavy atom. The van der Waals surface area contributed by atoms with Crippen molar-refractivity contribution in [3.63, 3.8) is 0 Å². The first-order chi connectivity index (χ1) is 9.39. The number of hydrogen-bond acceptors (Lipinski definition) is 5. The summed E-state index contributed by atoms with van der Waals surface area (Å²) in [5.41, 5.74) is 0. The molecule has 114 valence electrons. The van der Waals surface area contributed by atoms with Gasteiger partial charge in [0.05, 0.1) is 20.8 Å². The van der Waals surface area contributed by atoms with Gasteiger partial charge in [-0.2, -0.15) is 0 Å². The molecule has 0 saturated heterocycles. The number of methoxy groups -OCH3 is 2. The number of halogens is 1. The van der Waals surface area contributed by atoms with Crippen LogP contribution in [0.3, 0.4) is 0 Å². The second kappa shape index (κ2) is 6.87. The topological polar surface area (TPSA) is 84.9 Å². The molecule has 0 heterocycles. The molecule has 0 aliphatic rings. The van der Waals surface area contributed by atoms with Crippen molar-refractivity contribution in [2.24, 2.45) is 0 Å². The first kappa shape index (κ1) is 16.7. The van der Waals surface area contributed by atoms with Gasteiger partial charge in [-0.05, 0) is 6.42 Å². The Morgan fingerprint density at radius 1 is 1.30 bits per heavy atom. The molecule has 0 fully saturated rings. The Labute approximate surface area is 117 Å². The van der Waals surface area contributed by atoms with Crippen LogP contribution in [0.25, 0.3) is 0 Å². The van der Waals surface area contributed by atoms with Crippen LogP contribution < -0.4 is 14.2 Å². The van der Waals surface area contributed by atoms with Gasteiger partial charge >= 0.3 is 0 Å². The lowest BCUT2D eigenvalue weighted by Crippen LogP contribution is -2.37. The number of benzene rings is 1. The third-order valence-electron chi connectivity index (χ3n) is 2.76. The maximum atomic E-state index is 13.9. The van der Waals surface area contributed by atoms with E-state index in [1.54, 1.807) is 6.92 Å². The zero-order valence-electron chi connectivity index (χ0n) is 11.5. The molecule has 0 aliphatic heterocycles. The highest BCUT2D eigenvalue weighted by atomic mass is 32.2. The predicted molar refractivity (Wildman–Crippen MR) is 71.0 cm³/mol. The molecule has 0 bridgehead atoms. The minimum Gasteiger partial charge on any atom is -0.493 e. The van der Waals surface area contributed by atoms with Crippen molar-refractivity contribution in [2.45, 2.75) is 24.3 Å². The summed E-state index contributed by atoms with van der Waals surface area (Å²) in [4.78, 5) is -0.554. The number of aliphatic hydroxyl groups excluding tert-OH is 1. The van der Waals surface area contributed by atoms with E-state index in [4.69, 9.17) is 14.6 Å². The summed E-state index contributed by atoms with van der Waals surface area (Å²) in [5.74, 6) is -0.757. The summed E-state index contributed by atoms with van der Waals surface area (Å²) >= 11 is 0. The molecule has 0 radical (unpaired) electrons. The lowest BCUT2D eigenvalue weighted by atomic mass is 10.3. The minimum absolute atomic E-state index is 0.0955. The molecule has 1 rings (SSSR count). The van der Waals surface area contributed by atoms with E-state index in [2.05, 4.69) is 4.72 Å². The van der Waals surface area contributed by atoms with Crippen LogP contribution in [0.1, 0.15) is 13.3 Å². The van der Waals surface area contributed by atoms with Gasteiger partial charge < -0.3 is 14.6 Å². The van der Waals surface area contributed by atoms with Gasteiger partial charge in [-0.25, -0.2) is 17.5 Å². The number of sulfonamides is 1. The van der Waals surface area contributed by atoms with Crippen LogP contribution in [-0.2, 0) is 10.0 Å². The molecule has 2 N–H and O–H groups in total. The molecule has 1 atom stereocenters. The second-order valence-electron chi connectivity index (χ2n) is 4.05. The fourth-order valence-corrected chi connectivity index (χ4v) is 2.96. The van der Waals surface area contributed by atoms with E-state index in [1.807, 2.05) is 0 Å². The number of ether oxygens (including phenoxy) is 2. The van der Waals surface area contributed by atoms with Gasteiger partial charge in [0.1, 0.15) is 10.7 Å². The largest absolute Gasteiger partial charge is 0.493 e. The summed E-state index contributed by atoms with van der Waals surface area (Å²) in [5, 5.41) is 9.02. The summed E-state index contributed by atoms with van der Waals surface area (Å²) in [6.45, 7) is 1.33. The molecule has 0 spiro atoms. The predicted octanol–water partition coefficient (Wildman–Crippen LogP) is 0.892. The molecule has 0 aliphatic carbocycles. The maximum absolute atomic E-state index is 13.9. The highest BCUT2D eigenvalue weighted by molar-refractivity contribution is 7.89. The summed E-state index contributed by atoms with van der Waals surface area (Å²) in [6.07, 6.45) is 0.380. The zero-order valence-corrected chi connectivity index (χ0v) is 12.3. The third-order valence-corrected chi connectivity index (χ3v) is 4.30. The van der Waals surface area contributed by atoms with Gasteiger partial charge in [0, 0.05) is 18.2 Å². The van der Waals surface area contributed by atoms with Crippen LogP contribution in [0.15, 0.2) is 17.0 Å². The SMILES string of the molecule is CCC(CO)NS(=O)(=O)c1cc(OC)c(OC)cc1F. The Bertz CT molecular complexity index is 557. The molecule has 0 amide bonds. The first-order valence-electron chi connectivity index (χ1n) is 5.94. The molecular weight excluding hydrogens is 289 g/mol. The van der Waals surface area contributed by atoms with Crippen molar-refractivity contribution in [1.29, 1.82) is 0 Å². The van der Waals surface area contributed by atoms with Gasteiger partial charge in [-0.1, -0.05) is 6.92 Å². The Morgan fingerprint density at radius 3 is 2.30 bits per heavy atom. The highest BCUT2D eigenvalue weighted by Gasteiger charge is 2.24. The molecular formula is C12H18FNO5S. The summed E-state index contributed by atoms with van der Waals surface area (Å²) in [7, 11) is -1.45. The Hall–Kier alpha value is -1.38. The van der Waals surface area contributed by atoms with Gasteiger partial charge in [-0.15, -0.1) is 0 Å². The van der Waals surface area contributed by atoms with E-state index in [-0.39, 0.29) is 18.1 Å². The van der Waals surface area contributed by atoms with Crippen LogP contribution >= 0.6 is 0 Å². The van der Waals surface area contributed by atoms with Gasteiger partial charge in [0.2, 0.25) is 10.0 Å². The van der Waals surface area contributed by atoms with Crippen LogP contribution in [0.2, 0.25) is 0 Å². The van der Waals surface area contributed by atoms with Crippen LogP contribution in [0.4, 0.5) is 4.39 Å². The molecule has 6 nitrogen and oxygen atoms in total. The number of aliphatic hydroxyl groups is 1. The van der Waals surface area contributed by atoms with E-state index in [1.165, 1.54) is 14.2 Å². The molecule has 1 unspecified atom stereocenters. The van der Waals surface area contributed by atoms with Crippen molar-refractivity contribution in [3.05, 3.63) is 17.9 Å². The zero-order chi connectivity index (χ0) is 15.3. The van der Waals surface area contributed by atoms with Crippen LogP contribution in [0.5, 0.6) is 11.5 Å². The third kappa shape index (κ3) is 3.59. The molecule has 20 heavy (non-hydrogen) atoms. The van der Waals surface area contributed by atoms with Crippen molar-refractivity contribution in [2.75, 3.05) is 20.8 Å². The Balaban J connectivity index is 3.24. The monoisotopic (exact) mass is 307 g/mol. The first-order valence-corrected chi connectivity index (χ1v) is 7.42. The summed E-state index contributed by atoms with van der Waals surface area (Å²) < 4.78 is 50.1. The number of hydrogen-bond donors (Lipinski definition) is 2. The molecule has 0 saturated carbocycles. The van der Waals surface area contributed by atoms with Gasteiger partial charge in [0.15, 0.2) is 11.5 Å². The van der Waals surface area contributed by atoms with Crippen molar-refractivity contribution < 1.29 is 27.4 Å². The van der Waals surface area contributed by atoms with E-state index in [9.17, 15) is 12.8 Å². The van der Waals surface area contributed by atoms with Crippen molar-refractivity contribution >= 4 is 10.0 Å². The lowest BCUT2D eigenvalue weighted by molar-refractivity contribution is 0.253. The Kier molecular flexibility index (Phi) is 5.73. The average molecular weight is 307 g/mol. The standard InChI is InChI=1S/C12H18FNO5S/c1-4-8(7-15)14-20(16,17)12-6-11(19-3)10(18-2)5-9(12)13/h5-6,8,14-15H,4,7H2,1-3H3. The lowest BCUT2D eigenvalue weighted by Gasteiger charge is -2.16.